The lowest BCUT2D eigenvalue weighted by molar-refractivity contribution is 1.52. The Morgan fingerprint density at radius 3 is 3.06 bits per heavy atom. The molecular weight excluding hydrogens is 317 g/mol. The van der Waals surface area contributed by atoms with Gasteiger partial charge in [-0.1, -0.05) is 0 Å². The molecule has 0 bridgehead atoms. The summed E-state index contributed by atoms with van der Waals surface area (Å²) in [7, 11) is -0.395. The van der Waals surface area contributed by atoms with E-state index >= 15 is 0 Å². The maximum Gasteiger partial charge on any atom is 0.275 e. The summed E-state index contributed by atoms with van der Waals surface area (Å²) in [6.45, 7) is 0. The van der Waals surface area contributed by atoms with Crippen LogP contribution in [0.3, 0.4) is 0 Å². The van der Waals surface area contributed by atoms with E-state index in [0.717, 1.165) is 11.5 Å². The van der Waals surface area contributed by atoms with Crippen LogP contribution >= 0.6 is 57.7 Å². The molecule has 0 saturated carbocycles. The van der Waals surface area contributed by atoms with E-state index in [1.54, 1.807) is 11.4 Å². The summed E-state index contributed by atoms with van der Waals surface area (Å²) in [5.74, 6) is 3.38. The molecule has 3 rings (SSSR count). The Morgan fingerprint density at radius 2 is 2.31 bits per heavy atom. The third-order valence-electron chi connectivity index (χ3n) is 1.97. The molecule has 0 N–H and O–H groups in total. The van der Waals surface area contributed by atoms with E-state index < -0.39 is 10.7 Å². The van der Waals surface area contributed by atoms with E-state index in [1.807, 2.05) is 47.0 Å². The lowest BCUT2D eigenvalue weighted by Gasteiger charge is -2.10. The second-order valence-corrected chi connectivity index (χ2v) is 10.7. The van der Waals surface area contributed by atoms with Crippen molar-refractivity contribution in [3.05, 3.63) is 17.4 Å². The summed E-state index contributed by atoms with van der Waals surface area (Å²) < 4.78 is 8.87. The topological polar surface area (TPSA) is 28.1 Å². The molecular formula is C8H7N2S6+. The van der Waals surface area contributed by atoms with Crippen LogP contribution in [0.5, 0.6) is 0 Å². The Balaban J connectivity index is 1.95. The largest absolute Gasteiger partial charge is 0.275 e. The van der Waals surface area contributed by atoms with Crippen LogP contribution in [0, 0.1) is 9.97 Å². The average Bonchev–Trinajstić information content (AvgIpc) is 2.95. The quantitative estimate of drug-likeness (QED) is 0.318. The molecule has 3 aliphatic heterocycles. The summed E-state index contributed by atoms with van der Waals surface area (Å²) in [4.78, 5) is 0. The minimum absolute atomic E-state index is 0.395. The lowest BCUT2D eigenvalue weighted by Crippen LogP contribution is -1.97. The first kappa shape index (κ1) is 11.9. The van der Waals surface area contributed by atoms with Crippen LogP contribution in [-0.2, 0) is 11.4 Å². The Bertz CT molecular complexity index is 460. The minimum Gasteiger partial charge on any atom is -0.269 e. The van der Waals surface area contributed by atoms with Gasteiger partial charge >= 0.3 is 0 Å². The van der Waals surface area contributed by atoms with Crippen LogP contribution in [0.25, 0.3) is 4.38 Å². The Hall–Kier alpha value is 0.870. The second-order valence-electron chi connectivity index (χ2n) is 2.91. The highest BCUT2D eigenvalue weighted by atomic mass is 32.3. The predicted molar refractivity (Wildman–Crippen MR) is 86.3 cm³/mol. The van der Waals surface area contributed by atoms with Gasteiger partial charge in [0.15, 0.2) is 0 Å². The standard InChI is InChI=1S/C8H7N2S6/c9-10-16-7-6(13-3-4-14-7)15-8(16)5-11-1-2-12-5/h1H,2-4H2/q+1. The molecule has 0 aromatic heterocycles. The third-order valence-corrected chi connectivity index (χ3v) is 11.6. The molecule has 3 heterocycles. The van der Waals surface area contributed by atoms with Gasteiger partial charge in [0.2, 0.25) is 9.77 Å². The Labute approximate surface area is 118 Å². The van der Waals surface area contributed by atoms with Crippen molar-refractivity contribution >= 4 is 78.6 Å². The van der Waals surface area contributed by atoms with Gasteiger partial charge in [0.05, 0.1) is 8.82 Å². The predicted octanol–water partition coefficient (Wildman–Crippen LogP) is 3.63. The number of hydrogen-bond acceptors (Lipinski definition) is 5. The lowest BCUT2D eigenvalue weighted by atomic mass is 10.9. The fourth-order valence-electron chi connectivity index (χ4n) is 1.36. The first-order valence-electron chi connectivity index (χ1n) is 4.53. The molecule has 0 aliphatic carbocycles. The number of diazo groups is 1. The van der Waals surface area contributed by atoms with Crippen molar-refractivity contribution in [1.82, 2.24) is 0 Å². The molecule has 0 aromatic carbocycles. The molecule has 0 saturated heterocycles. The van der Waals surface area contributed by atoms with E-state index in [0.29, 0.717) is 0 Å². The molecule has 84 valence electrons. The number of rotatable bonds is 1. The average molecular weight is 324 g/mol. The highest BCUT2D eigenvalue weighted by Crippen LogP contribution is 2.59. The highest BCUT2D eigenvalue weighted by Gasteiger charge is 2.37. The number of nitrogens with zero attached hydrogens (tertiary/aromatic N) is 2. The summed E-state index contributed by atoms with van der Waals surface area (Å²) in [5, 5.41) is 11.5. The van der Waals surface area contributed by atoms with Crippen molar-refractivity contribution in [3.63, 3.8) is 0 Å². The maximum absolute atomic E-state index is 9.24. The smallest absolute Gasteiger partial charge is 0.269 e. The first-order chi connectivity index (χ1) is 7.90. The monoisotopic (exact) mass is 323 g/mol. The van der Waals surface area contributed by atoms with Crippen molar-refractivity contribution in [2.24, 2.45) is 0 Å². The molecule has 0 radical (unpaired) electrons. The number of thioether (sulfide) groups is 4. The van der Waals surface area contributed by atoms with Crippen molar-refractivity contribution in [3.8, 4) is 0 Å². The zero-order chi connectivity index (χ0) is 11.0. The molecule has 0 fully saturated rings. The van der Waals surface area contributed by atoms with Crippen molar-refractivity contribution in [1.29, 1.82) is 5.39 Å². The zero-order valence-corrected chi connectivity index (χ0v) is 12.9. The van der Waals surface area contributed by atoms with Crippen molar-refractivity contribution in [2.45, 2.75) is 0 Å². The van der Waals surface area contributed by atoms with Gasteiger partial charge in [0.1, 0.15) is 9.60 Å². The van der Waals surface area contributed by atoms with E-state index in [9.17, 15) is 5.39 Å². The molecule has 1 unspecified atom stereocenters. The van der Waals surface area contributed by atoms with E-state index in [-0.39, 0.29) is 0 Å². The summed E-state index contributed by atoms with van der Waals surface area (Å²) in [5.41, 5.74) is 0. The van der Waals surface area contributed by atoms with Gasteiger partial charge in [-0.25, -0.2) is 0 Å². The van der Waals surface area contributed by atoms with E-state index in [4.69, 9.17) is 0 Å². The van der Waals surface area contributed by atoms with Gasteiger partial charge in [0.25, 0.3) is 10.7 Å². The summed E-state index contributed by atoms with van der Waals surface area (Å²) >= 11 is 9.25. The summed E-state index contributed by atoms with van der Waals surface area (Å²) in [6, 6.07) is 0. The third kappa shape index (κ3) is 2.10. The van der Waals surface area contributed by atoms with Crippen LogP contribution in [0.4, 0.5) is 0 Å². The van der Waals surface area contributed by atoms with Gasteiger partial charge in [0, 0.05) is 32.8 Å². The van der Waals surface area contributed by atoms with Gasteiger partial charge in [-0.15, -0.1) is 35.3 Å². The van der Waals surface area contributed by atoms with Crippen LogP contribution in [0.1, 0.15) is 0 Å². The fraction of sp³-hybridized carbons (Fsp3) is 0.375. The van der Waals surface area contributed by atoms with Gasteiger partial charge in [-0.2, -0.15) is 0 Å². The molecule has 0 spiro atoms. The second kappa shape index (κ2) is 5.24. The van der Waals surface area contributed by atoms with Crippen LogP contribution in [0.15, 0.2) is 8.47 Å². The van der Waals surface area contributed by atoms with E-state index in [2.05, 4.69) is 9.75 Å². The molecule has 2 nitrogen and oxygen atoms in total. The van der Waals surface area contributed by atoms with Gasteiger partial charge < -0.3 is 0 Å². The van der Waals surface area contributed by atoms with Crippen LogP contribution < -0.4 is 0 Å². The molecule has 16 heavy (non-hydrogen) atoms. The summed E-state index contributed by atoms with van der Waals surface area (Å²) in [6.07, 6.45) is 0. The molecule has 8 heteroatoms. The minimum atomic E-state index is -0.395. The molecule has 0 amide bonds. The van der Waals surface area contributed by atoms with Crippen molar-refractivity contribution in [2.75, 3.05) is 17.3 Å². The van der Waals surface area contributed by atoms with Crippen LogP contribution in [-0.4, -0.2) is 26.8 Å². The normalized spacial score (nSPS) is 29.7. The Morgan fingerprint density at radius 1 is 1.44 bits per heavy atom. The zero-order valence-electron chi connectivity index (χ0n) is 8.04. The number of hydrogen-bond donors (Lipinski definition) is 0. The molecule has 1 atom stereocenters. The SMILES string of the molecule is N#[N+]S1=C([C-]2SCC=[S+]2)SC2=C1SCCS2. The highest BCUT2D eigenvalue weighted by molar-refractivity contribution is 8.51. The van der Waals surface area contributed by atoms with Crippen LogP contribution in [0.2, 0.25) is 0 Å². The van der Waals surface area contributed by atoms with Gasteiger partial charge in [-0.05, 0) is 0 Å². The maximum atomic E-state index is 9.24. The van der Waals surface area contributed by atoms with Gasteiger partial charge in [-0.3, -0.25) is 11.8 Å². The molecule has 0 aromatic rings. The van der Waals surface area contributed by atoms with Crippen molar-refractivity contribution < 1.29 is 0 Å². The Kier molecular flexibility index (Phi) is 3.91. The van der Waals surface area contributed by atoms with E-state index in [1.165, 1.54) is 23.0 Å². The fourth-order valence-corrected chi connectivity index (χ4v) is 11.1. The first-order valence-corrected chi connectivity index (χ1v) is 10.4. The molecule has 3 aliphatic rings.